The summed E-state index contributed by atoms with van der Waals surface area (Å²) in [6, 6.07) is 61.2. The van der Waals surface area contributed by atoms with E-state index in [0.29, 0.717) is 0 Å². The molecule has 10 rings (SSSR count). The molecule has 330 valence electrons. The minimum atomic E-state index is -0.750. The van der Waals surface area contributed by atoms with Crippen LogP contribution in [0.2, 0.25) is 0 Å². The molecule has 0 saturated heterocycles. The molecule has 0 amide bonds. The number of aryl methyl sites for hydroxylation is 8. The summed E-state index contributed by atoms with van der Waals surface area (Å²) in [5.41, 5.74) is 26.8. The summed E-state index contributed by atoms with van der Waals surface area (Å²) < 4.78 is 0. The summed E-state index contributed by atoms with van der Waals surface area (Å²) in [6.07, 6.45) is 11.5. The molecule has 0 fully saturated rings. The minimum Gasteiger partial charge on any atom is -0.0622 e. The summed E-state index contributed by atoms with van der Waals surface area (Å²) in [4.78, 5) is 0. The van der Waals surface area contributed by atoms with E-state index in [4.69, 9.17) is 0 Å². The Bertz CT molecular complexity index is 2690. The Morgan fingerprint density at radius 3 is 0.924 bits per heavy atom. The highest BCUT2D eigenvalue weighted by molar-refractivity contribution is 7.72. The average molecular weight is 895 g/mol. The molecule has 2 aliphatic carbocycles. The van der Waals surface area contributed by atoms with Crippen molar-refractivity contribution in [1.82, 2.24) is 0 Å². The van der Waals surface area contributed by atoms with Gasteiger partial charge in [-0.3, -0.25) is 0 Å². The smallest absolute Gasteiger partial charge is 0.00199 e. The highest BCUT2D eigenvalue weighted by Gasteiger charge is 2.33. The van der Waals surface area contributed by atoms with Crippen molar-refractivity contribution in [1.29, 1.82) is 0 Å². The molecule has 8 aromatic carbocycles. The fraction of sp³-hybridized carbons (Fsp3) is 0.250. The first-order valence-corrected chi connectivity index (χ1v) is 27.6. The van der Waals surface area contributed by atoms with Crippen molar-refractivity contribution >= 4 is 37.1 Å². The van der Waals surface area contributed by atoms with E-state index < -0.39 is 15.8 Å². The summed E-state index contributed by atoms with van der Waals surface area (Å²) in [7, 11) is -1.50. The van der Waals surface area contributed by atoms with E-state index in [-0.39, 0.29) is 0 Å². The van der Waals surface area contributed by atoms with E-state index >= 15 is 0 Å². The van der Waals surface area contributed by atoms with Gasteiger partial charge in [0.05, 0.1) is 0 Å². The van der Waals surface area contributed by atoms with Gasteiger partial charge < -0.3 is 0 Å². The number of hydrogen-bond donors (Lipinski definition) is 0. The van der Waals surface area contributed by atoms with Crippen LogP contribution in [-0.2, 0) is 38.0 Å². The van der Waals surface area contributed by atoms with Crippen LogP contribution in [-0.4, -0.2) is 0 Å². The van der Waals surface area contributed by atoms with Gasteiger partial charge in [-0.25, -0.2) is 0 Å². The average Bonchev–Trinajstić information content (AvgIpc) is 3.33. The molecule has 0 atom stereocenters. The topological polar surface area (TPSA) is 0 Å². The lowest BCUT2D eigenvalue weighted by molar-refractivity contribution is 0.680. The molecule has 0 aromatic heterocycles. The van der Waals surface area contributed by atoms with Gasteiger partial charge in [-0.2, -0.15) is 0 Å². The van der Waals surface area contributed by atoms with Gasteiger partial charge in [0.15, 0.2) is 0 Å². The van der Waals surface area contributed by atoms with Crippen LogP contribution in [0.3, 0.4) is 0 Å². The van der Waals surface area contributed by atoms with E-state index in [1.54, 1.807) is 44.5 Å². The maximum Gasteiger partial charge on any atom is 0.00199 e. The minimum absolute atomic E-state index is 0.750. The SMILES string of the molecule is Cc1cc(C)c(-c2cc3c(c(-c4c5c(cc(-c6c(C)cc(C)cc6C)c4CP(c4ccccc4)c4ccccc4)CCCC5)c2CP(c2ccccc2)c2ccccc2)CCCC3)c(C)c1. The molecule has 2 aliphatic rings. The third-order valence-corrected chi connectivity index (χ3v) is 19.5. The van der Waals surface area contributed by atoms with Gasteiger partial charge in [0.25, 0.3) is 0 Å². The van der Waals surface area contributed by atoms with Crippen molar-refractivity contribution < 1.29 is 0 Å². The third-order valence-electron chi connectivity index (χ3n) is 14.6. The number of benzene rings is 8. The fourth-order valence-corrected chi connectivity index (χ4v) is 16.6. The van der Waals surface area contributed by atoms with Crippen molar-refractivity contribution in [3.05, 3.63) is 224 Å². The number of hydrogen-bond acceptors (Lipinski definition) is 0. The van der Waals surface area contributed by atoms with Crippen LogP contribution < -0.4 is 21.2 Å². The first-order chi connectivity index (χ1) is 32.2. The molecule has 0 aliphatic heterocycles. The lowest BCUT2D eigenvalue weighted by atomic mass is 9.73. The first kappa shape index (κ1) is 44.5. The zero-order valence-electron chi connectivity index (χ0n) is 40.0. The molecule has 0 saturated carbocycles. The molecule has 0 nitrogen and oxygen atoms in total. The van der Waals surface area contributed by atoms with Gasteiger partial charge in [-0.1, -0.05) is 169 Å². The Morgan fingerprint density at radius 2 is 0.621 bits per heavy atom. The molecule has 66 heavy (non-hydrogen) atoms. The van der Waals surface area contributed by atoms with Crippen molar-refractivity contribution in [2.24, 2.45) is 0 Å². The molecule has 0 bridgehead atoms. The summed E-state index contributed by atoms with van der Waals surface area (Å²) >= 11 is 0. The zero-order chi connectivity index (χ0) is 45.3. The van der Waals surface area contributed by atoms with Crippen LogP contribution in [0.1, 0.15) is 92.4 Å². The molecule has 0 radical (unpaired) electrons. The normalized spacial score (nSPS) is 13.5. The Balaban J connectivity index is 1.38. The van der Waals surface area contributed by atoms with Crippen LogP contribution in [0.4, 0.5) is 0 Å². The second-order valence-corrected chi connectivity index (χ2v) is 23.7. The van der Waals surface area contributed by atoms with Gasteiger partial charge in [-0.05, 0) is 219 Å². The van der Waals surface area contributed by atoms with E-state index in [0.717, 1.165) is 38.0 Å². The Labute approximate surface area is 398 Å². The third kappa shape index (κ3) is 8.81. The molecule has 0 heterocycles. The molecule has 0 spiro atoms. The van der Waals surface area contributed by atoms with Gasteiger partial charge >= 0.3 is 0 Å². The lowest BCUT2D eigenvalue weighted by Gasteiger charge is -2.34. The van der Waals surface area contributed by atoms with Crippen molar-refractivity contribution in [2.75, 3.05) is 0 Å². The van der Waals surface area contributed by atoms with Crippen LogP contribution in [0.25, 0.3) is 33.4 Å². The second kappa shape index (κ2) is 19.5. The quantitative estimate of drug-likeness (QED) is 0.114. The summed E-state index contributed by atoms with van der Waals surface area (Å²) in [6.45, 7) is 14.0. The zero-order valence-corrected chi connectivity index (χ0v) is 41.8. The monoisotopic (exact) mass is 894 g/mol. The van der Waals surface area contributed by atoms with E-state index in [2.05, 4.69) is 199 Å². The molecular formula is C64H64P2. The maximum atomic E-state index is 2.70. The fourth-order valence-electron chi connectivity index (χ4n) is 11.9. The van der Waals surface area contributed by atoms with E-state index in [9.17, 15) is 0 Å². The van der Waals surface area contributed by atoms with E-state index in [1.165, 1.54) is 103 Å². The van der Waals surface area contributed by atoms with Crippen molar-refractivity contribution in [3.8, 4) is 33.4 Å². The molecule has 0 unspecified atom stereocenters. The molecular weight excluding hydrogens is 831 g/mol. The van der Waals surface area contributed by atoms with Crippen LogP contribution in [0.5, 0.6) is 0 Å². The highest BCUT2D eigenvalue weighted by Crippen LogP contribution is 2.54. The standard InChI is InChI=1S/C64H64P2/c1-43-35-45(3)61(46(4)36-43)57-39-49-23-19-21-33-55(49)63(59(57)41-65(51-25-11-7-12-26-51)52-27-13-8-14-28-52)64-56-34-22-20-24-50(56)40-58(62-47(5)37-44(2)38-48(62)6)60(64)42-66(53-29-15-9-16-30-53)54-31-17-10-18-32-54/h7-18,25-32,35-40H,19-24,33-34,41-42H2,1-6H3. The van der Waals surface area contributed by atoms with Crippen molar-refractivity contribution in [3.63, 3.8) is 0 Å². The van der Waals surface area contributed by atoms with Gasteiger partial charge in [0.2, 0.25) is 0 Å². The Morgan fingerprint density at radius 1 is 0.333 bits per heavy atom. The number of rotatable bonds is 11. The predicted octanol–water partition coefficient (Wildman–Crippen LogP) is 15.6. The van der Waals surface area contributed by atoms with Gasteiger partial charge in [0.1, 0.15) is 0 Å². The summed E-state index contributed by atoms with van der Waals surface area (Å²) in [5.74, 6) is 0. The van der Waals surface area contributed by atoms with Crippen LogP contribution in [0, 0.1) is 41.5 Å². The predicted molar refractivity (Wildman–Crippen MR) is 290 cm³/mol. The molecule has 2 heteroatoms. The van der Waals surface area contributed by atoms with Gasteiger partial charge in [0, 0.05) is 12.3 Å². The second-order valence-electron chi connectivity index (χ2n) is 19.3. The molecule has 0 N–H and O–H groups in total. The first-order valence-electron chi connectivity index (χ1n) is 24.5. The number of fused-ring (bicyclic) bond motifs is 2. The molecule has 8 aromatic rings. The van der Waals surface area contributed by atoms with Crippen molar-refractivity contribution in [2.45, 2.75) is 105 Å². The van der Waals surface area contributed by atoms with Crippen LogP contribution in [0.15, 0.2) is 158 Å². The Hall–Kier alpha value is -5.38. The Kier molecular flexibility index (Phi) is 13.1. The van der Waals surface area contributed by atoms with Gasteiger partial charge in [-0.15, -0.1) is 0 Å². The largest absolute Gasteiger partial charge is 0.0622 e. The van der Waals surface area contributed by atoms with Crippen LogP contribution >= 0.6 is 15.8 Å². The summed E-state index contributed by atoms with van der Waals surface area (Å²) in [5, 5.41) is 5.79. The maximum absolute atomic E-state index is 2.70. The highest BCUT2D eigenvalue weighted by atomic mass is 31.1. The van der Waals surface area contributed by atoms with E-state index in [1.807, 2.05) is 0 Å². The lowest BCUT2D eigenvalue weighted by Crippen LogP contribution is -2.18.